The van der Waals surface area contributed by atoms with Gasteiger partial charge in [-0.3, -0.25) is 4.79 Å². The average Bonchev–Trinajstić information content (AvgIpc) is 3.08. The maximum atomic E-state index is 13.1. The number of carbonyl (C=O) groups is 2. The summed E-state index contributed by atoms with van der Waals surface area (Å²) < 4.78 is 6.49. The Hall–Kier alpha value is -2.57. The van der Waals surface area contributed by atoms with Crippen molar-refractivity contribution in [3.63, 3.8) is 0 Å². The number of benzene rings is 3. The lowest BCUT2D eigenvalue weighted by Gasteiger charge is -2.18. The lowest BCUT2D eigenvalue weighted by molar-refractivity contribution is -0.125. The second kappa shape index (κ2) is 9.28. The van der Waals surface area contributed by atoms with E-state index in [-0.39, 0.29) is 4.88 Å². The van der Waals surface area contributed by atoms with Crippen LogP contribution < -0.4 is 5.32 Å². The number of fused-ring (bicyclic) bond motifs is 1. The molecule has 3 aromatic carbocycles. The number of amides is 1. The van der Waals surface area contributed by atoms with E-state index in [9.17, 15) is 9.59 Å². The molecule has 0 aliphatic carbocycles. The summed E-state index contributed by atoms with van der Waals surface area (Å²) in [6, 6.07) is 20.8. The van der Waals surface area contributed by atoms with Gasteiger partial charge in [0, 0.05) is 31.4 Å². The minimum atomic E-state index is -1.20. The van der Waals surface area contributed by atoms with E-state index >= 15 is 0 Å². The molecule has 156 valence electrons. The van der Waals surface area contributed by atoms with E-state index in [4.69, 9.17) is 39.5 Å². The van der Waals surface area contributed by atoms with Gasteiger partial charge in [-0.15, -0.1) is 11.3 Å². The van der Waals surface area contributed by atoms with Gasteiger partial charge in [0.25, 0.3) is 5.91 Å². The monoisotopic (exact) mass is 489 g/mol. The number of ether oxygens (including phenoxy) is 1. The van der Waals surface area contributed by atoms with E-state index in [1.54, 1.807) is 48.5 Å². The molecule has 1 amide bonds. The molecule has 4 aromatic rings. The van der Waals surface area contributed by atoms with Crippen molar-refractivity contribution in [3.8, 4) is 0 Å². The average molecular weight is 491 g/mol. The molecule has 8 heteroatoms. The molecule has 0 bridgehead atoms. The molecule has 4 nitrogen and oxygen atoms in total. The third-order valence-electron chi connectivity index (χ3n) is 4.42. The third kappa shape index (κ3) is 4.86. The molecule has 0 aliphatic rings. The number of anilines is 1. The van der Waals surface area contributed by atoms with Crippen LogP contribution in [0.1, 0.15) is 21.3 Å². The Morgan fingerprint density at radius 2 is 1.52 bits per heavy atom. The Bertz CT molecular complexity index is 1250. The van der Waals surface area contributed by atoms with Crippen molar-refractivity contribution >= 4 is 73.8 Å². The standard InChI is InChI=1S/C23H14Cl3NO3S/c24-14-10-15(25)12-16(11-14)27-22(28)20(13-6-2-1-3-7-13)30-23(29)21-19(26)17-8-4-5-9-18(17)31-21/h1-12,20H,(H,27,28). The van der Waals surface area contributed by atoms with Gasteiger partial charge < -0.3 is 10.1 Å². The third-order valence-corrected chi connectivity index (χ3v) is 6.51. The Morgan fingerprint density at radius 3 is 2.19 bits per heavy atom. The summed E-state index contributed by atoms with van der Waals surface area (Å²) in [5.74, 6) is -1.23. The van der Waals surface area contributed by atoms with Crippen molar-refractivity contribution in [1.82, 2.24) is 0 Å². The predicted octanol–water partition coefficient (Wildman–Crippen LogP) is 7.40. The van der Waals surface area contributed by atoms with Crippen molar-refractivity contribution in [2.24, 2.45) is 0 Å². The number of halogens is 3. The summed E-state index contributed by atoms with van der Waals surface area (Å²) in [6.45, 7) is 0. The van der Waals surface area contributed by atoms with Crippen molar-refractivity contribution in [2.45, 2.75) is 6.10 Å². The molecule has 1 unspecified atom stereocenters. The van der Waals surface area contributed by atoms with Gasteiger partial charge in [-0.2, -0.15) is 0 Å². The Balaban J connectivity index is 1.64. The van der Waals surface area contributed by atoms with Crippen LogP contribution >= 0.6 is 46.1 Å². The van der Waals surface area contributed by atoms with Crippen LogP contribution in [0.15, 0.2) is 72.8 Å². The minimum Gasteiger partial charge on any atom is -0.443 e. The highest BCUT2D eigenvalue weighted by Gasteiger charge is 2.28. The first-order valence-electron chi connectivity index (χ1n) is 9.12. The Labute approximate surface area is 197 Å². The van der Waals surface area contributed by atoms with Crippen molar-refractivity contribution < 1.29 is 14.3 Å². The van der Waals surface area contributed by atoms with Crippen LogP contribution in [-0.4, -0.2) is 11.9 Å². The lowest BCUT2D eigenvalue weighted by Crippen LogP contribution is -2.25. The van der Waals surface area contributed by atoms with Crippen LogP contribution in [0.5, 0.6) is 0 Å². The zero-order chi connectivity index (χ0) is 22.0. The zero-order valence-electron chi connectivity index (χ0n) is 15.8. The minimum absolute atomic E-state index is 0.238. The topological polar surface area (TPSA) is 55.4 Å². The number of hydrogen-bond acceptors (Lipinski definition) is 4. The Morgan fingerprint density at radius 1 is 0.871 bits per heavy atom. The van der Waals surface area contributed by atoms with Gasteiger partial charge >= 0.3 is 5.97 Å². The van der Waals surface area contributed by atoms with Gasteiger partial charge in [0.1, 0.15) is 4.88 Å². The van der Waals surface area contributed by atoms with Crippen LogP contribution in [0.25, 0.3) is 10.1 Å². The summed E-state index contributed by atoms with van der Waals surface area (Å²) >= 11 is 19.7. The molecule has 1 atom stereocenters. The summed E-state index contributed by atoms with van der Waals surface area (Å²) in [5.41, 5.74) is 0.901. The summed E-state index contributed by atoms with van der Waals surface area (Å²) in [6.07, 6.45) is -1.20. The fourth-order valence-corrected chi connectivity index (χ4v) is 4.96. The maximum absolute atomic E-state index is 13.1. The number of esters is 1. The fraction of sp³-hybridized carbons (Fsp3) is 0.0435. The first-order valence-corrected chi connectivity index (χ1v) is 11.1. The largest absolute Gasteiger partial charge is 0.443 e. The highest BCUT2D eigenvalue weighted by Crippen LogP contribution is 2.36. The predicted molar refractivity (Wildman–Crippen MR) is 127 cm³/mol. The van der Waals surface area contributed by atoms with E-state index in [0.717, 1.165) is 10.1 Å². The number of hydrogen-bond donors (Lipinski definition) is 1. The van der Waals surface area contributed by atoms with Crippen LogP contribution in [0.4, 0.5) is 5.69 Å². The van der Waals surface area contributed by atoms with E-state index in [1.807, 2.05) is 24.3 Å². The normalized spacial score (nSPS) is 11.8. The molecule has 1 N–H and O–H groups in total. The molecule has 1 aromatic heterocycles. The zero-order valence-corrected chi connectivity index (χ0v) is 18.9. The maximum Gasteiger partial charge on any atom is 0.351 e. The molecule has 1 heterocycles. The van der Waals surface area contributed by atoms with Crippen molar-refractivity contribution in [1.29, 1.82) is 0 Å². The fourth-order valence-electron chi connectivity index (χ4n) is 3.04. The summed E-state index contributed by atoms with van der Waals surface area (Å²) in [7, 11) is 0. The van der Waals surface area contributed by atoms with E-state index in [0.29, 0.717) is 26.3 Å². The molecule has 0 spiro atoms. The molecular formula is C23H14Cl3NO3S. The molecule has 0 aliphatic heterocycles. The first-order chi connectivity index (χ1) is 14.9. The van der Waals surface area contributed by atoms with Gasteiger partial charge in [0.05, 0.1) is 5.02 Å². The van der Waals surface area contributed by atoms with Gasteiger partial charge in [0.2, 0.25) is 6.10 Å². The highest BCUT2D eigenvalue weighted by atomic mass is 35.5. The van der Waals surface area contributed by atoms with Gasteiger partial charge in [-0.1, -0.05) is 83.3 Å². The number of carbonyl (C=O) groups excluding carboxylic acids is 2. The van der Waals surface area contributed by atoms with Crippen molar-refractivity contribution in [2.75, 3.05) is 5.32 Å². The second-order valence-corrected chi connectivity index (χ2v) is 8.89. The van der Waals surface area contributed by atoms with Crippen LogP contribution in [0, 0.1) is 0 Å². The highest BCUT2D eigenvalue weighted by molar-refractivity contribution is 7.21. The quantitative estimate of drug-likeness (QED) is 0.297. The number of nitrogens with one attached hydrogen (secondary N) is 1. The van der Waals surface area contributed by atoms with Gasteiger partial charge in [0.15, 0.2) is 0 Å². The van der Waals surface area contributed by atoms with Gasteiger partial charge in [-0.05, 0) is 24.3 Å². The SMILES string of the molecule is O=C(OC(C(=O)Nc1cc(Cl)cc(Cl)c1)c1ccccc1)c1sc2ccccc2c1Cl. The molecule has 31 heavy (non-hydrogen) atoms. The van der Waals surface area contributed by atoms with Gasteiger partial charge in [-0.25, -0.2) is 4.79 Å². The van der Waals surface area contributed by atoms with E-state index in [1.165, 1.54) is 11.3 Å². The molecular weight excluding hydrogens is 477 g/mol. The van der Waals surface area contributed by atoms with E-state index < -0.39 is 18.0 Å². The first kappa shape index (κ1) is 21.7. The molecule has 0 saturated heterocycles. The molecule has 0 saturated carbocycles. The van der Waals surface area contributed by atoms with Crippen molar-refractivity contribution in [3.05, 3.63) is 98.3 Å². The van der Waals surface area contributed by atoms with Crippen LogP contribution in [0.2, 0.25) is 15.1 Å². The lowest BCUT2D eigenvalue weighted by atomic mass is 10.1. The Kier molecular flexibility index (Phi) is 6.49. The summed E-state index contributed by atoms with van der Waals surface area (Å²) in [4.78, 5) is 26.3. The van der Waals surface area contributed by atoms with E-state index in [2.05, 4.69) is 5.32 Å². The molecule has 0 fully saturated rings. The second-order valence-electron chi connectivity index (χ2n) is 6.58. The van der Waals surface area contributed by atoms with Crippen LogP contribution in [0.3, 0.4) is 0 Å². The summed E-state index contributed by atoms with van der Waals surface area (Å²) in [5, 5.41) is 4.51. The molecule has 0 radical (unpaired) electrons. The molecule has 4 rings (SSSR count). The number of thiophene rings is 1. The number of rotatable bonds is 5. The van der Waals surface area contributed by atoms with Crippen LogP contribution in [-0.2, 0) is 9.53 Å². The smallest absolute Gasteiger partial charge is 0.351 e.